The summed E-state index contributed by atoms with van der Waals surface area (Å²) in [5.74, 6) is -2.98. The normalized spacial score (nSPS) is 19.9. The van der Waals surface area contributed by atoms with Gasteiger partial charge in [-0.3, -0.25) is 9.79 Å². The van der Waals surface area contributed by atoms with Crippen LogP contribution in [0.15, 0.2) is 4.99 Å². The maximum atomic E-state index is 12.9. The molecule has 1 saturated carbocycles. The Bertz CT molecular complexity index is 307. The van der Waals surface area contributed by atoms with Crippen molar-refractivity contribution in [2.75, 3.05) is 6.54 Å². The van der Waals surface area contributed by atoms with Gasteiger partial charge in [0.05, 0.1) is 0 Å². The molecule has 0 bridgehead atoms. The first kappa shape index (κ1) is 14.1. The summed E-state index contributed by atoms with van der Waals surface area (Å²) in [6.07, 6.45) is 0.214. The molecule has 1 aliphatic rings. The van der Waals surface area contributed by atoms with Crippen molar-refractivity contribution < 1.29 is 18.3 Å². The van der Waals surface area contributed by atoms with Gasteiger partial charge in [0.1, 0.15) is 12.1 Å². The molecule has 17 heavy (non-hydrogen) atoms. The zero-order valence-electron chi connectivity index (χ0n) is 10.6. The molecule has 0 aromatic heterocycles. The van der Waals surface area contributed by atoms with Crippen LogP contribution in [0.1, 0.15) is 46.5 Å². The first-order valence-electron chi connectivity index (χ1n) is 5.80. The molecule has 0 atom stereocenters. The predicted octanol–water partition coefficient (Wildman–Crippen LogP) is 2.98. The SMILES string of the molecule is CC(C)(C)OC(=O)CN=C1CCC(F)(F)CC1. The molecule has 1 fully saturated rings. The number of carbonyl (C=O) groups is 1. The smallest absolute Gasteiger partial charge is 0.328 e. The summed E-state index contributed by atoms with van der Waals surface area (Å²) in [4.78, 5) is 15.4. The van der Waals surface area contributed by atoms with E-state index in [-0.39, 0.29) is 32.2 Å². The molecule has 0 saturated heterocycles. The average Bonchev–Trinajstić information content (AvgIpc) is 2.13. The summed E-state index contributed by atoms with van der Waals surface area (Å²) in [6, 6.07) is 0. The van der Waals surface area contributed by atoms with Crippen molar-refractivity contribution in [3.63, 3.8) is 0 Å². The molecule has 3 nitrogen and oxygen atoms in total. The van der Waals surface area contributed by atoms with Gasteiger partial charge < -0.3 is 4.74 Å². The van der Waals surface area contributed by atoms with E-state index in [1.54, 1.807) is 20.8 Å². The minimum atomic E-state index is -2.56. The lowest BCUT2D eigenvalue weighted by molar-refractivity contribution is -0.152. The van der Waals surface area contributed by atoms with Crippen molar-refractivity contribution in [2.45, 2.75) is 58.0 Å². The third kappa shape index (κ3) is 5.75. The van der Waals surface area contributed by atoms with Crippen molar-refractivity contribution in [1.29, 1.82) is 0 Å². The fraction of sp³-hybridized carbons (Fsp3) is 0.833. The molecule has 5 heteroatoms. The number of carbonyl (C=O) groups excluding carboxylic acids is 1. The average molecular weight is 247 g/mol. The molecule has 98 valence electrons. The molecule has 0 unspecified atom stereocenters. The van der Waals surface area contributed by atoms with Gasteiger partial charge in [0, 0.05) is 18.6 Å². The van der Waals surface area contributed by atoms with Crippen molar-refractivity contribution in [3.05, 3.63) is 0 Å². The number of aliphatic imine (C=N–C) groups is 1. The van der Waals surface area contributed by atoms with E-state index in [9.17, 15) is 13.6 Å². The zero-order chi connectivity index (χ0) is 13.1. The summed E-state index contributed by atoms with van der Waals surface area (Å²) in [7, 11) is 0. The Morgan fingerprint density at radius 1 is 1.35 bits per heavy atom. The molecule has 0 aliphatic heterocycles. The van der Waals surface area contributed by atoms with Gasteiger partial charge in [-0.15, -0.1) is 0 Å². The van der Waals surface area contributed by atoms with Gasteiger partial charge in [-0.2, -0.15) is 0 Å². The number of esters is 1. The second-order valence-corrected chi connectivity index (χ2v) is 5.32. The van der Waals surface area contributed by atoms with Gasteiger partial charge in [-0.1, -0.05) is 0 Å². The Hall–Kier alpha value is -1.00. The Morgan fingerprint density at radius 2 is 1.88 bits per heavy atom. The largest absolute Gasteiger partial charge is 0.459 e. The summed E-state index contributed by atoms with van der Waals surface area (Å²) < 4.78 is 30.8. The summed E-state index contributed by atoms with van der Waals surface area (Å²) >= 11 is 0. The highest BCUT2D eigenvalue weighted by atomic mass is 19.3. The number of alkyl halides is 2. The van der Waals surface area contributed by atoms with Crippen molar-refractivity contribution in [2.24, 2.45) is 4.99 Å². The second kappa shape index (κ2) is 5.10. The molecular weight excluding hydrogens is 228 g/mol. The first-order valence-corrected chi connectivity index (χ1v) is 5.80. The minimum Gasteiger partial charge on any atom is -0.459 e. The fourth-order valence-electron chi connectivity index (χ4n) is 1.61. The second-order valence-electron chi connectivity index (χ2n) is 5.32. The molecule has 0 heterocycles. The Kier molecular flexibility index (Phi) is 4.22. The first-order chi connectivity index (χ1) is 7.68. The summed E-state index contributed by atoms with van der Waals surface area (Å²) in [6.45, 7) is 5.26. The molecule has 1 aliphatic carbocycles. The maximum absolute atomic E-state index is 12.9. The van der Waals surface area contributed by atoms with Gasteiger partial charge in [0.2, 0.25) is 5.92 Å². The maximum Gasteiger partial charge on any atom is 0.328 e. The van der Waals surface area contributed by atoms with Crippen molar-refractivity contribution in [3.8, 4) is 0 Å². The van der Waals surface area contributed by atoms with Crippen LogP contribution in [-0.2, 0) is 9.53 Å². The molecule has 0 amide bonds. The van der Waals surface area contributed by atoms with Gasteiger partial charge in [-0.25, -0.2) is 8.78 Å². The number of rotatable bonds is 2. The van der Waals surface area contributed by atoms with Crippen LogP contribution in [0, 0.1) is 0 Å². The highest BCUT2D eigenvalue weighted by Gasteiger charge is 2.33. The van der Waals surface area contributed by atoms with Crippen LogP contribution in [0.2, 0.25) is 0 Å². The van der Waals surface area contributed by atoms with Crippen LogP contribution in [0.4, 0.5) is 8.78 Å². The number of ether oxygens (including phenoxy) is 1. The Morgan fingerprint density at radius 3 is 2.35 bits per heavy atom. The number of hydrogen-bond donors (Lipinski definition) is 0. The lowest BCUT2D eigenvalue weighted by Gasteiger charge is -2.23. The van der Waals surface area contributed by atoms with E-state index in [0.717, 1.165) is 0 Å². The van der Waals surface area contributed by atoms with Crippen LogP contribution in [0.5, 0.6) is 0 Å². The molecule has 0 aromatic rings. The van der Waals surface area contributed by atoms with E-state index in [4.69, 9.17) is 4.74 Å². The molecule has 1 rings (SSSR count). The van der Waals surface area contributed by atoms with E-state index in [0.29, 0.717) is 5.71 Å². The number of nitrogens with zero attached hydrogens (tertiary/aromatic N) is 1. The minimum absolute atomic E-state index is 0.0713. The standard InChI is InChI=1S/C12H19F2NO2/c1-11(2,3)17-10(16)8-15-9-4-6-12(13,14)7-5-9/h4-8H2,1-3H3. The number of hydrogen-bond acceptors (Lipinski definition) is 3. The predicted molar refractivity (Wildman–Crippen MR) is 61.6 cm³/mol. The Balaban J connectivity index is 2.38. The third-order valence-electron chi connectivity index (χ3n) is 2.41. The van der Waals surface area contributed by atoms with Gasteiger partial charge in [0.15, 0.2) is 0 Å². The third-order valence-corrected chi connectivity index (χ3v) is 2.41. The van der Waals surface area contributed by atoms with Gasteiger partial charge in [-0.05, 0) is 33.6 Å². The highest BCUT2D eigenvalue weighted by Crippen LogP contribution is 2.31. The van der Waals surface area contributed by atoms with E-state index >= 15 is 0 Å². The van der Waals surface area contributed by atoms with E-state index in [1.165, 1.54) is 0 Å². The van der Waals surface area contributed by atoms with E-state index in [2.05, 4.69) is 4.99 Å². The van der Waals surface area contributed by atoms with Crippen LogP contribution in [0.25, 0.3) is 0 Å². The zero-order valence-corrected chi connectivity index (χ0v) is 10.6. The molecule has 0 N–H and O–H groups in total. The molecule has 0 spiro atoms. The van der Waals surface area contributed by atoms with Crippen molar-refractivity contribution >= 4 is 11.7 Å². The van der Waals surface area contributed by atoms with E-state index < -0.39 is 17.5 Å². The quantitative estimate of drug-likeness (QED) is 0.704. The topological polar surface area (TPSA) is 38.7 Å². The fourth-order valence-corrected chi connectivity index (χ4v) is 1.61. The monoisotopic (exact) mass is 247 g/mol. The van der Waals surface area contributed by atoms with E-state index in [1.807, 2.05) is 0 Å². The van der Waals surface area contributed by atoms with Crippen LogP contribution < -0.4 is 0 Å². The molecule has 0 radical (unpaired) electrons. The lowest BCUT2D eigenvalue weighted by atomic mass is 9.95. The molecule has 0 aromatic carbocycles. The van der Waals surface area contributed by atoms with Crippen LogP contribution in [-0.4, -0.2) is 29.7 Å². The van der Waals surface area contributed by atoms with Gasteiger partial charge >= 0.3 is 5.97 Å². The number of halogens is 2. The van der Waals surface area contributed by atoms with Crippen LogP contribution in [0.3, 0.4) is 0 Å². The van der Waals surface area contributed by atoms with Gasteiger partial charge in [0.25, 0.3) is 0 Å². The Labute approximate surface area is 100 Å². The van der Waals surface area contributed by atoms with Crippen molar-refractivity contribution in [1.82, 2.24) is 0 Å². The van der Waals surface area contributed by atoms with Crippen LogP contribution >= 0.6 is 0 Å². The summed E-state index contributed by atoms with van der Waals surface area (Å²) in [5, 5.41) is 0. The molecular formula is C12H19F2NO2. The summed E-state index contributed by atoms with van der Waals surface area (Å²) in [5.41, 5.74) is 0.165. The highest BCUT2D eigenvalue weighted by molar-refractivity contribution is 5.87. The lowest BCUT2D eigenvalue weighted by Crippen LogP contribution is -2.27.